The molecule has 0 aromatic heterocycles. The Morgan fingerprint density at radius 1 is 1.14 bits per heavy atom. The van der Waals surface area contributed by atoms with Crippen LogP contribution in [0.2, 0.25) is 0 Å². The molecule has 1 aliphatic rings. The summed E-state index contributed by atoms with van der Waals surface area (Å²) in [5.74, 6) is 2.76. The van der Waals surface area contributed by atoms with Gasteiger partial charge in [-0.15, -0.1) is 0 Å². The van der Waals surface area contributed by atoms with E-state index in [4.69, 9.17) is 4.74 Å². The van der Waals surface area contributed by atoms with Crippen LogP contribution >= 0.6 is 0 Å². The fraction of sp³-hybridized carbons (Fsp3) is 0.684. The Labute approximate surface area is 130 Å². The van der Waals surface area contributed by atoms with Gasteiger partial charge in [0, 0.05) is 6.04 Å². The first kappa shape index (κ1) is 16.4. The summed E-state index contributed by atoms with van der Waals surface area (Å²) in [5.41, 5.74) is 0. The third kappa shape index (κ3) is 6.09. The molecule has 118 valence electrons. The Bertz CT molecular complexity index is 370. The molecule has 2 rings (SSSR count). The van der Waals surface area contributed by atoms with Crippen LogP contribution in [0.3, 0.4) is 0 Å². The van der Waals surface area contributed by atoms with Crippen LogP contribution in [0.4, 0.5) is 0 Å². The van der Waals surface area contributed by atoms with Crippen molar-refractivity contribution in [3.8, 4) is 5.75 Å². The maximum Gasteiger partial charge on any atom is 0.119 e. The summed E-state index contributed by atoms with van der Waals surface area (Å²) in [6.07, 6.45) is 8.19. The molecule has 21 heavy (non-hydrogen) atoms. The highest BCUT2D eigenvalue weighted by Gasteiger charge is 2.24. The largest absolute Gasteiger partial charge is 0.494 e. The molecule has 1 fully saturated rings. The van der Waals surface area contributed by atoms with E-state index in [0.29, 0.717) is 6.04 Å². The number of rotatable bonds is 9. The minimum Gasteiger partial charge on any atom is -0.494 e. The zero-order valence-corrected chi connectivity index (χ0v) is 13.7. The third-order valence-electron chi connectivity index (χ3n) is 4.59. The fourth-order valence-electron chi connectivity index (χ4n) is 3.37. The normalized spacial score (nSPS) is 17.3. The van der Waals surface area contributed by atoms with Gasteiger partial charge >= 0.3 is 0 Å². The van der Waals surface area contributed by atoms with E-state index < -0.39 is 0 Å². The first-order valence-corrected chi connectivity index (χ1v) is 8.67. The Balaban J connectivity index is 1.70. The summed E-state index contributed by atoms with van der Waals surface area (Å²) in [5, 5.41) is 3.64. The lowest BCUT2D eigenvalue weighted by Crippen LogP contribution is -2.32. The van der Waals surface area contributed by atoms with Gasteiger partial charge in [0.2, 0.25) is 0 Å². The van der Waals surface area contributed by atoms with E-state index in [9.17, 15) is 0 Å². The molecule has 1 aromatic carbocycles. The summed E-state index contributed by atoms with van der Waals surface area (Å²) >= 11 is 0. The van der Waals surface area contributed by atoms with Crippen LogP contribution in [0.15, 0.2) is 30.3 Å². The van der Waals surface area contributed by atoms with Gasteiger partial charge in [0.25, 0.3) is 0 Å². The first-order chi connectivity index (χ1) is 10.3. The summed E-state index contributed by atoms with van der Waals surface area (Å²) in [4.78, 5) is 0. The van der Waals surface area contributed by atoms with Crippen molar-refractivity contribution in [1.82, 2.24) is 5.32 Å². The number of benzene rings is 1. The maximum atomic E-state index is 5.82. The summed E-state index contributed by atoms with van der Waals surface area (Å²) in [6.45, 7) is 6.50. The van der Waals surface area contributed by atoms with Crippen LogP contribution in [0, 0.1) is 11.8 Å². The number of ether oxygens (including phenoxy) is 1. The van der Waals surface area contributed by atoms with E-state index in [1.807, 2.05) is 30.3 Å². The standard InChI is InChI=1S/C19H31NO/c1-16(2)20-15-18(17-9-6-7-10-17)11-8-14-21-19-12-4-3-5-13-19/h3-5,12-13,16-18,20H,6-11,14-15H2,1-2H3. The molecular formula is C19H31NO. The minimum atomic E-state index is 0.592. The molecule has 1 N–H and O–H groups in total. The van der Waals surface area contributed by atoms with Crippen molar-refractivity contribution in [3.05, 3.63) is 30.3 Å². The van der Waals surface area contributed by atoms with Gasteiger partial charge in [-0.1, -0.05) is 57.7 Å². The predicted octanol–water partition coefficient (Wildman–Crippen LogP) is 4.65. The van der Waals surface area contributed by atoms with Gasteiger partial charge in [-0.2, -0.15) is 0 Å². The van der Waals surface area contributed by atoms with Crippen LogP contribution in [0.1, 0.15) is 52.4 Å². The highest BCUT2D eigenvalue weighted by Crippen LogP contribution is 2.33. The van der Waals surface area contributed by atoms with Gasteiger partial charge in [-0.3, -0.25) is 0 Å². The molecule has 1 unspecified atom stereocenters. The number of hydrogen-bond donors (Lipinski definition) is 1. The monoisotopic (exact) mass is 289 g/mol. The van der Waals surface area contributed by atoms with Crippen molar-refractivity contribution in [2.24, 2.45) is 11.8 Å². The van der Waals surface area contributed by atoms with E-state index in [-0.39, 0.29) is 0 Å². The number of para-hydroxylation sites is 1. The molecule has 1 aliphatic carbocycles. The van der Waals surface area contributed by atoms with Gasteiger partial charge in [-0.25, -0.2) is 0 Å². The number of nitrogens with one attached hydrogen (secondary N) is 1. The molecular weight excluding hydrogens is 258 g/mol. The zero-order chi connectivity index (χ0) is 14.9. The second-order valence-corrected chi connectivity index (χ2v) is 6.67. The van der Waals surface area contributed by atoms with Gasteiger partial charge in [0.1, 0.15) is 5.75 Å². The molecule has 0 radical (unpaired) electrons. The Morgan fingerprint density at radius 3 is 2.52 bits per heavy atom. The van der Waals surface area contributed by atoms with Crippen molar-refractivity contribution in [3.63, 3.8) is 0 Å². The van der Waals surface area contributed by atoms with Gasteiger partial charge in [0.05, 0.1) is 6.61 Å². The van der Waals surface area contributed by atoms with Crippen LogP contribution in [0.5, 0.6) is 5.75 Å². The first-order valence-electron chi connectivity index (χ1n) is 8.67. The SMILES string of the molecule is CC(C)NCC(CCCOc1ccccc1)C1CCCC1. The quantitative estimate of drug-likeness (QED) is 0.668. The second-order valence-electron chi connectivity index (χ2n) is 6.67. The molecule has 2 nitrogen and oxygen atoms in total. The van der Waals surface area contributed by atoms with Crippen LogP contribution in [-0.4, -0.2) is 19.2 Å². The Morgan fingerprint density at radius 2 is 1.86 bits per heavy atom. The topological polar surface area (TPSA) is 21.3 Å². The molecule has 0 heterocycles. The minimum absolute atomic E-state index is 0.592. The van der Waals surface area contributed by atoms with Crippen LogP contribution in [-0.2, 0) is 0 Å². The zero-order valence-electron chi connectivity index (χ0n) is 13.7. The molecule has 0 bridgehead atoms. The molecule has 2 heteroatoms. The molecule has 1 saturated carbocycles. The molecule has 0 spiro atoms. The molecule has 0 aliphatic heterocycles. The van der Waals surface area contributed by atoms with Crippen molar-refractivity contribution in [2.75, 3.05) is 13.2 Å². The summed E-state index contributed by atoms with van der Waals surface area (Å²) in [7, 11) is 0. The maximum absolute atomic E-state index is 5.82. The van der Waals surface area contributed by atoms with Crippen molar-refractivity contribution < 1.29 is 4.74 Å². The molecule has 1 atom stereocenters. The third-order valence-corrected chi connectivity index (χ3v) is 4.59. The van der Waals surface area contributed by atoms with Crippen molar-refractivity contribution in [2.45, 2.75) is 58.4 Å². The highest BCUT2D eigenvalue weighted by molar-refractivity contribution is 5.20. The average Bonchev–Trinajstić information content (AvgIpc) is 3.01. The molecule has 0 saturated heterocycles. The van der Waals surface area contributed by atoms with Crippen LogP contribution < -0.4 is 10.1 Å². The molecule has 1 aromatic rings. The smallest absolute Gasteiger partial charge is 0.119 e. The predicted molar refractivity (Wildman–Crippen MR) is 89.8 cm³/mol. The van der Waals surface area contributed by atoms with E-state index >= 15 is 0 Å². The van der Waals surface area contributed by atoms with E-state index in [1.54, 1.807) is 0 Å². The van der Waals surface area contributed by atoms with Crippen molar-refractivity contribution in [1.29, 1.82) is 0 Å². The van der Waals surface area contributed by atoms with E-state index in [1.165, 1.54) is 38.6 Å². The second kappa shape index (κ2) is 9.09. The summed E-state index contributed by atoms with van der Waals surface area (Å²) < 4.78 is 5.82. The lowest BCUT2D eigenvalue weighted by Gasteiger charge is -2.25. The lowest BCUT2D eigenvalue weighted by molar-refractivity contribution is 0.251. The van der Waals surface area contributed by atoms with Gasteiger partial charge < -0.3 is 10.1 Å². The van der Waals surface area contributed by atoms with E-state index in [0.717, 1.165) is 30.6 Å². The fourth-order valence-corrected chi connectivity index (χ4v) is 3.37. The summed E-state index contributed by atoms with van der Waals surface area (Å²) in [6, 6.07) is 10.8. The Kier molecular flexibility index (Phi) is 7.08. The van der Waals surface area contributed by atoms with Crippen molar-refractivity contribution >= 4 is 0 Å². The number of hydrogen-bond acceptors (Lipinski definition) is 2. The van der Waals surface area contributed by atoms with Crippen LogP contribution in [0.25, 0.3) is 0 Å². The van der Waals surface area contributed by atoms with Gasteiger partial charge in [0.15, 0.2) is 0 Å². The highest BCUT2D eigenvalue weighted by atomic mass is 16.5. The van der Waals surface area contributed by atoms with E-state index in [2.05, 4.69) is 19.2 Å². The Hall–Kier alpha value is -1.02. The lowest BCUT2D eigenvalue weighted by atomic mass is 9.87. The van der Waals surface area contributed by atoms with Gasteiger partial charge in [-0.05, 0) is 43.4 Å². The average molecular weight is 289 g/mol. The molecule has 0 amide bonds.